The summed E-state index contributed by atoms with van der Waals surface area (Å²) in [7, 11) is 5.32. The first-order valence-electron chi connectivity index (χ1n) is 5.43. The number of hydrogen-bond donors (Lipinski definition) is 0. The van der Waals surface area contributed by atoms with Crippen LogP contribution in [0.15, 0.2) is 18.2 Å². The molecule has 4 heteroatoms. The number of amides is 1. The van der Waals surface area contributed by atoms with Gasteiger partial charge in [-0.2, -0.15) is 0 Å². The summed E-state index contributed by atoms with van der Waals surface area (Å²) in [6, 6.07) is 5.53. The van der Waals surface area contributed by atoms with Gasteiger partial charge in [-0.15, -0.1) is 0 Å². The van der Waals surface area contributed by atoms with Gasteiger partial charge in [-0.25, -0.2) is 0 Å². The SMILES string of the molecule is Cc1cc(N(C)CC(=O)N(C)C)ccc1C=O. The van der Waals surface area contributed by atoms with Crippen LogP contribution >= 0.6 is 0 Å². The summed E-state index contributed by atoms with van der Waals surface area (Å²) in [6.45, 7) is 2.21. The number of carbonyl (C=O) groups excluding carboxylic acids is 2. The highest BCUT2D eigenvalue weighted by molar-refractivity contribution is 5.82. The lowest BCUT2D eigenvalue weighted by Gasteiger charge is -2.21. The second-order valence-corrected chi connectivity index (χ2v) is 4.30. The van der Waals surface area contributed by atoms with Crippen molar-refractivity contribution in [2.45, 2.75) is 6.92 Å². The molecule has 0 unspecified atom stereocenters. The molecular weight excluding hydrogens is 216 g/mol. The first kappa shape index (κ1) is 13.2. The number of hydrogen-bond acceptors (Lipinski definition) is 3. The minimum atomic E-state index is 0.0459. The third-order valence-corrected chi connectivity index (χ3v) is 2.69. The van der Waals surface area contributed by atoms with E-state index in [9.17, 15) is 9.59 Å². The molecular formula is C13H18N2O2. The second kappa shape index (κ2) is 5.48. The summed E-state index contributed by atoms with van der Waals surface area (Å²) in [5.74, 6) is 0.0459. The van der Waals surface area contributed by atoms with Gasteiger partial charge in [0.2, 0.25) is 5.91 Å². The van der Waals surface area contributed by atoms with Crippen LogP contribution in [0.4, 0.5) is 5.69 Å². The Bertz CT molecular complexity index is 427. The summed E-state index contributed by atoms with van der Waals surface area (Å²) < 4.78 is 0. The predicted molar refractivity (Wildman–Crippen MR) is 68.5 cm³/mol. The molecule has 0 bridgehead atoms. The van der Waals surface area contributed by atoms with Gasteiger partial charge in [0, 0.05) is 32.4 Å². The molecule has 0 aromatic heterocycles. The fourth-order valence-corrected chi connectivity index (χ4v) is 1.47. The van der Waals surface area contributed by atoms with Crippen molar-refractivity contribution in [1.82, 2.24) is 4.90 Å². The Morgan fingerprint density at radius 3 is 2.41 bits per heavy atom. The Balaban J connectivity index is 2.83. The fraction of sp³-hybridized carbons (Fsp3) is 0.385. The zero-order chi connectivity index (χ0) is 13.0. The minimum Gasteiger partial charge on any atom is -0.365 e. The Kier molecular flexibility index (Phi) is 4.26. The quantitative estimate of drug-likeness (QED) is 0.738. The van der Waals surface area contributed by atoms with Crippen LogP contribution in [0.2, 0.25) is 0 Å². The van der Waals surface area contributed by atoms with Crippen molar-refractivity contribution in [2.24, 2.45) is 0 Å². The first-order chi connectivity index (χ1) is 7.95. The summed E-state index contributed by atoms with van der Waals surface area (Å²) in [4.78, 5) is 25.7. The molecule has 0 aliphatic carbocycles. The molecule has 0 saturated carbocycles. The van der Waals surface area contributed by atoms with E-state index in [1.54, 1.807) is 25.1 Å². The smallest absolute Gasteiger partial charge is 0.241 e. The Labute approximate surface area is 102 Å². The number of benzene rings is 1. The van der Waals surface area contributed by atoms with E-state index in [1.165, 1.54) is 0 Å². The monoisotopic (exact) mass is 234 g/mol. The standard InChI is InChI=1S/C13H18N2O2/c1-10-7-12(6-5-11(10)9-16)15(4)8-13(17)14(2)3/h5-7,9H,8H2,1-4H3. The van der Waals surface area contributed by atoms with Gasteiger partial charge in [0.1, 0.15) is 6.29 Å². The highest BCUT2D eigenvalue weighted by Gasteiger charge is 2.09. The van der Waals surface area contributed by atoms with Crippen molar-refractivity contribution in [3.8, 4) is 0 Å². The molecule has 17 heavy (non-hydrogen) atoms. The molecule has 1 aromatic rings. The van der Waals surface area contributed by atoms with E-state index in [2.05, 4.69) is 0 Å². The van der Waals surface area contributed by atoms with E-state index in [4.69, 9.17) is 0 Å². The van der Waals surface area contributed by atoms with Crippen molar-refractivity contribution in [2.75, 3.05) is 32.6 Å². The number of aryl methyl sites for hydroxylation is 1. The van der Waals surface area contributed by atoms with Crippen molar-refractivity contribution in [3.63, 3.8) is 0 Å². The molecule has 4 nitrogen and oxygen atoms in total. The van der Waals surface area contributed by atoms with E-state index in [1.807, 2.05) is 31.0 Å². The lowest BCUT2D eigenvalue weighted by molar-refractivity contribution is -0.127. The van der Waals surface area contributed by atoms with E-state index in [-0.39, 0.29) is 5.91 Å². The summed E-state index contributed by atoms with van der Waals surface area (Å²) in [5.41, 5.74) is 2.53. The molecule has 0 saturated heterocycles. The second-order valence-electron chi connectivity index (χ2n) is 4.30. The van der Waals surface area contributed by atoms with Crippen molar-refractivity contribution in [1.29, 1.82) is 0 Å². The number of likely N-dealkylation sites (N-methyl/N-ethyl adjacent to an activating group) is 2. The molecule has 0 atom stereocenters. The van der Waals surface area contributed by atoms with Crippen molar-refractivity contribution >= 4 is 17.9 Å². The van der Waals surface area contributed by atoms with E-state index >= 15 is 0 Å². The number of anilines is 1. The zero-order valence-electron chi connectivity index (χ0n) is 10.7. The molecule has 1 aromatic carbocycles. The minimum absolute atomic E-state index is 0.0459. The summed E-state index contributed by atoms with van der Waals surface area (Å²) >= 11 is 0. The van der Waals surface area contributed by atoms with Crippen LogP contribution in [0.1, 0.15) is 15.9 Å². The van der Waals surface area contributed by atoms with Crippen LogP contribution in [0.3, 0.4) is 0 Å². The molecule has 1 amide bonds. The maximum Gasteiger partial charge on any atom is 0.241 e. The van der Waals surface area contributed by atoms with Crippen LogP contribution < -0.4 is 4.90 Å². The lowest BCUT2D eigenvalue weighted by atomic mass is 10.1. The third kappa shape index (κ3) is 3.31. The molecule has 0 aliphatic rings. The normalized spacial score (nSPS) is 9.88. The average molecular weight is 234 g/mol. The van der Waals surface area contributed by atoms with Gasteiger partial charge in [-0.3, -0.25) is 9.59 Å². The van der Waals surface area contributed by atoms with E-state index in [0.717, 1.165) is 17.5 Å². The average Bonchev–Trinajstić information content (AvgIpc) is 2.28. The van der Waals surface area contributed by atoms with Crippen LogP contribution in [0.5, 0.6) is 0 Å². The first-order valence-corrected chi connectivity index (χ1v) is 5.43. The van der Waals surface area contributed by atoms with Crippen LogP contribution in [-0.2, 0) is 4.79 Å². The van der Waals surface area contributed by atoms with Gasteiger partial charge in [-0.1, -0.05) is 0 Å². The highest BCUT2D eigenvalue weighted by atomic mass is 16.2. The van der Waals surface area contributed by atoms with Gasteiger partial charge in [0.05, 0.1) is 6.54 Å². The molecule has 1 rings (SSSR count). The maximum atomic E-state index is 11.6. The Hall–Kier alpha value is -1.84. The number of rotatable bonds is 4. The lowest BCUT2D eigenvalue weighted by Crippen LogP contribution is -2.34. The van der Waals surface area contributed by atoms with Gasteiger partial charge in [0.25, 0.3) is 0 Å². The fourth-order valence-electron chi connectivity index (χ4n) is 1.47. The van der Waals surface area contributed by atoms with Gasteiger partial charge in [0.15, 0.2) is 0 Å². The maximum absolute atomic E-state index is 11.6. The Morgan fingerprint density at radius 1 is 1.29 bits per heavy atom. The van der Waals surface area contributed by atoms with Gasteiger partial charge < -0.3 is 9.80 Å². The Morgan fingerprint density at radius 2 is 1.94 bits per heavy atom. The van der Waals surface area contributed by atoms with Crippen LogP contribution in [0, 0.1) is 6.92 Å². The number of carbonyl (C=O) groups is 2. The number of aldehydes is 1. The molecule has 92 valence electrons. The van der Waals surface area contributed by atoms with Crippen molar-refractivity contribution < 1.29 is 9.59 Å². The summed E-state index contributed by atoms with van der Waals surface area (Å²) in [6.07, 6.45) is 0.837. The predicted octanol–water partition coefficient (Wildman–Crippen LogP) is 1.33. The van der Waals surface area contributed by atoms with Gasteiger partial charge in [-0.05, 0) is 30.7 Å². The molecule has 0 N–H and O–H groups in total. The van der Waals surface area contributed by atoms with Crippen LogP contribution in [0.25, 0.3) is 0 Å². The largest absolute Gasteiger partial charge is 0.365 e. The number of nitrogens with zero attached hydrogens (tertiary/aromatic N) is 2. The highest BCUT2D eigenvalue weighted by Crippen LogP contribution is 2.17. The summed E-state index contributed by atoms with van der Waals surface area (Å²) in [5, 5.41) is 0. The van der Waals surface area contributed by atoms with E-state index in [0.29, 0.717) is 12.1 Å². The topological polar surface area (TPSA) is 40.6 Å². The van der Waals surface area contributed by atoms with E-state index < -0.39 is 0 Å². The zero-order valence-corrected chi connectivity index (χ0v) is 10.7. The molecule has 0 heterocycles. The molecule has 0 radical (unpaired) electrons. The van der Waals surface area contributed by atoms with Crippen LogP contribution in [-0.4, -0.2) is 44.8 Å². The third-order valence-electron chi connectivity index (χ3n) is 2.69. The molecule has 0 aliphatic heterocycles. The van der Waals surface area contributed by atoms with Crippen molar-refractivity contribution in [3.05, 3.63) is 29.3 Å². The van der Waals surface area contributed by atoms with Gasteiger partial charge >= 0.3 is 0 Å². The molecule has 0 spiro atoms. The molecule has 0 fully saturated rings.